The predicted octanol–water partition coefficient (Wildman–Crippen LogP) is 3.71. The van der Waals surface area contributed by atoms with E-state index in [0.717, 1.165) is 11.6 Å². The van der Waals surface area contributed by atoms with Gasteiger partial charge in [-0.2, -0.15) is 0 Å². The molecule has 0 amide bonds. The number of aromatic amines is 1. The summed E-state index contributed by atoms with van der Waals surface area (Å²) in [5, 5.41) is 0.634. The largest absolute Gasteiger partial charge is 0.368 e. The summed E-state index contributed by atoms with van der Waals surface area (Å²) >= 11 is 0. The number of alkyl halides is 2. The second kappa shape index (κ2) is 7.81. The predicted molar refractivity (Wildman–Crippen MR) is 101 cm³/mol. The summed E-state index contributed by atoms with van der Waals surface area (Å²) in [6.45, 7) is 0.757. The van der Waals surface area contributed by atoms with Crippen LogP contribution >= 0.6 is 0 Å². The van der Waals surface area contributed by atoms with Gasteiger partial charge in [0.2, 0.25) is 0 Å². The van der Waals surface area contributed by atoms with Gasteiger partial charge in [0, 0.05) is 30.6 Å². The third-order valence-corrected chi connectivity index (χ3v) is 5.38. The number of pyridine rings is 2. The molecule has 0 bridgehead atoms. The van der Waals surface area contributed by atoms with E-state index in [2.05, 4.69) is 9.97 Å². The van der Waals surface area contributed by atoms with Gasteiger partial charge in [0.25, 0.3) is 5.92 Å². The molecule has 2 aliphatic heterocycles. The number of hydrogen-bond acceptors (Lipinski definition) is 4. The third kappa shape index (κ3) is 3.59. The molecule has 5 rings (SSSR count). The van der Waals surface area contributed by atoms with E-state index in [1.54, 1.807) is 24.7 Å². The SMILES string of the molecule is Cc1c(C2CO[C@H]3[C@@H]2OCC3(F)F)ccc(F)c1F.O=c1cc[nH]c2ccncc12. The molecule has 158 valence electrons. The first-order valence-electron chi connectivity index (χ1n) is 9.26. The summed E-state index contributed by atoms with van der Waals surface area (Å²) < 4.78 is 63.7. The zero-order valence-electron chi connectivity index (χ0n) is 15.9. The fourth-order valence-corrected chi connectivity index (χ4v) is 3.81. The van der Waals surface area contributed by atoms with E-state index in [1.165, 1.54) is 19.1 Å². The van der Waals surface area contributed by atoms with Gasteiger partial charge in [-0.05, 0) is 30.2 Å². The van der Waals surface area contributed by atoms with E-state index < -0.39 is 42.3 Å². The maximum Gasteiger partial charge on any atom is 0.299 e. The molecule has 0 aliphatic carbocycles. The molecule has 4 heterocycles. The van der Waals surface area contributed by atoms with Crippen LogP contribution in [0.25, 0.3) is 10.9 Å². The van der Waals surface area contributed by atoms with Gasteiger partial charge in [0.15, 0.2) is 23.2 Å². The van der Waals surface area contributed by atoms with E-state index in [4.69, 9.17) is 9.47 Å². The van der Waals surface area contributed by atoms with Gasteiger partial charge in [0.1, 0.15) is 6.61 Å². The lowest BCUT2D eigenvalue weighted by Crippen LogP contribution is -2.34. The molecule has 2 aromatic heterocycles. The van der Waals surface area contributed by atoms with Crippen molar-refractivity contribution < 1.29 is 27.0 Å². The first kappa shape index (κ1) is 20.5. The molecule has 2 saturated heterocycles. The average Bonchev–Trinajstić information content (AvgIpc) is 3.29. The third-order valence-electron chi connectivity index (χ3n) is 5.38. The number of nitrogens with zero attached hydrogens (tertiary/aromatic N) is 1. The highest BCUT2D eigenvalue weighted by atomic mass is 19.3. The zero-order chi connectivity index (χ0) is 21.5. The van der Waals surface area contributed by atoms with Crippen molar-refractivity contribution in [2.75, 3.05) is 13.2 Å². The molecule has 5 nitrogen and oxygen atoms in total. The van der Waals surface area contributed by atoms with E-state index in [0.29, 0.717) is 10.9 Å². The van der Waals surface area contributed by atoms with Crippen LogP contribution in [0.1, 0.15) is 17.0 Å². The molecule has 3 aromatic rings. The maximum absolute atomic E-state index is 13.5. The number of nitrogens with one attached hydrogen (secondary N) is 1. The molecule has 0 radical (unpaired) electrons. The lowest BCUT2D eigenvalue weighted by Gasteiger charge is -2.18. The van der Waals surface area contributed by atoms with Crippen LogP contribution in [0, 0.1) is 18.6 Å². The number of ether oxygens (including phenoxy) is 2. The van der Waals surface area contributed by atoms with E-state index in [-0.39, 0.29) is 17.6 Å². The minimum Gasteiger partial charge on any atom is -0.368 e. The number of hydrogen-bond donors (Lipinski definition) is 1. The number of fused-ring (bicyclic) bond motifs is 2. The molecule has 3 atom stereocenters. The Hall–Kier alpha value is -2.78. The summed E-state index contributed by atoms with van der Waals surface area (Å²) in [6.07, 6.45) is 2.74. The number of aromatic nitrogens is 2. The summed E-state index contributed by atoms with van der Waals surface area (Å²) in [4.78, 5) is 17.9. The van der Waals surface area contributed by atoms with Gasteiger partial charge in [-0.25, -0.2) is 17.6 Å². The standard InChI is InChI=1S/C13H12F4O2.C8H6N2O/c1-6-7(2-3-9(14)10(6)15)8-4-18-12-11(8)19-5-13(12,16)17;11-8-2-4-10-7-1-3-9-5-6(7)8/h2-3,8,11-12H,4-5H2,1H3;1-5H,(H,10,11)/t8?,11-,12+;/m1./s1. The average molecular weight is 422 g/mol. The van der Waals surface area contributed by atoms with E-state index in [1.807, 2.05) is 0 Å². The zero-order valence-corrected chi connectivity index (χ0v) is 15.9. The molecular weight excluding hydrogens is 404 g/mol. The van der Waals surface area contributed by atoms with Crippen LogP contribution in [0.4, 0.5) is 17.6 Å². The molecule has 1 unspecified atom stereocenters. The highest BCUT2D eigenvalue weighted by molar-refractivity contribution is 5.76. The summed E-state index contributed by atoms with van der Waals surface area (Å²) in [6, 6.07) is 5.67. The number of benzene rings is 1. The first-order chi connectivity index (χ1) is 14.3. The fourth-order valence-electron chi connectivity index (χ4n) is 3.81. The number of rotatable bonds is 1. The molecule has 30 heavy (non-hydrogen) atoms. The van der Waals surface area contributed by atoms with Crippen molar-refractivity contribution in [3.05, 3.63) is 75.8 Å². The summed E-state index contributed by atoms with van der Waals surface area (Å²) in [5.74, 6) is -5.42. The Bertz CT molecular complexity index is 1130. The van der Waals surface area contributed by atoms with Crippen LogP contribution in [0.5, 0.6) is 0 Å². The van der Waals surface area contributed by atoms with Gasteiger partial charge in [0.05, 0.1) is 23.6 Å². The molecule has 1 N–H and O–H groups in total. The lowest BCUT2D eigenvalue weighted by atomic mass is 9.89. The molecule has 0 saturated carbocycles. The Kier molecular flexibility index (Phi) is 5.33. The van der Waals surface area contributed by atoms with Gasteiger partial charge in [-0.1, -0.05) is 6.07 Å². The lowest BCUT2D eigenvalue weighted by molar-refractivity contribution is -0.0946. The van der Waals surface area contributed by atoms with Crippen LogP contribution in [0.3, 0.4) is 0 Å². The molecule has 0 spiro atoms. The van der Waals surface area contributed by atoms with Crippen LogP contribution in [0.2, 0.25) is 0 Å². The summed E-state index contributed by atoms with van der Waals surface area (Å²) in [7, 11) is 0. The van der Waals surface area contributed by atoms with Crippen molar-refractivity contribution in [1.82, 2.24) is 9.97 Å². The normalized spacial score (nSPS) is 24.4. The minimum atomic E-state index is -3.02. The molecule has 2 fully saturated rings. The Labute approximate surface area is 168 Å². The van der Waals surface area contributed by atoms with E-state index >= 15 is 0 Å². The molecule has 2 aliphatic rings. The Morgan fingerprint density at radius 2 is 1.97 bits per heavy atom. The maximum atomic E-state index is 13.5. The van der Waals surface area contributed by atoms with Gasteiger partial charge in [-0.3, -0.25) is 9.78 Å². The number of H-pyrrole nitrogens is 1. The minimum absolute atomic E-state index is 0.00634. The summed E-state index contributed by atoms with van der Waals surface area (Å²) in [5.41, 5.74) is 1.41. The smallest absolute Gasteiger partial charge is 0.299 e. The van der Waals surface area contributed by atoms with Crippen molar-refractivity contribution in [3.63, 3.8) is 0 Å². The van der Waals surface area contributed by atoms with Crippen LogP contribution in [-0.4, -0.2) is 41.3 Å². The van der Waals surface area contributed by atoms with Gasteiger partial charge >= 0.3 is 0 Å². The molecule has 9 heteroatoms. The van der Waals surface area contributed by atoms with Crippen LogP contribution in [-0.2, 0) is 9.47 Å². The van der Waals surface area contributed by atoms with Crippen molar-refractivity contribution in [2.45, 2.75) is 31.0 Å². The first-order valence-corrected chi connectivity index (χ1v) is 9.26. The number of halogens is 4. The Morgan fingerprint density at radius 3 is 2.73 bits per heavy atom. The van der Waals surface area contributed by atoms with E-state index in [9.17, 15) is 22.4 Å². The quantitative estimate of drug-likeness (QED) is 0.608. The second-order valence-corrected chi connectivity index (χ2v) is 7.24. The molecule has 1 aromatic carbocycles. The van der Waals surface area contributed by atoms with Gasteiger partial charge in [-0.15, -0.1) is 0 Å². The fraction of sp³-hybridized carbons (Fsp3) is 0.333. The van der Waals surface area contributed by atoms with Gasteiger partial charge < -0.3 is 14.5 Å². The Balaban J connectivity index is 0.000000168. The van der Waals surface area contributed by atoms with Crippen molar-refractivity contribution >= 4 is 10.9 Å². The van der Waals surface area contributed by atoms with Crippen molar-refractivity contribution in [1.29, 1.82) is 0 Å². The Morgan fingerprint density at radius 1 is 1.17 bits per heavy atom. The second-order valence-electron chi connectivity index (χ2n) is 7.24. The monoisotopic (exact) mass is 422 g/mol. The van der Waals surface area contributed by atoms with Crippen LogP contribution in [0.15, 0.2) is 47.7 Å². The van der Waals surface area contributed by atoms with Crippen molar-refractivity contribution in [2.24, 2.45) is 0 Å². The van der Waals surface area contributed by atoms with Crippen LogP contribution < -0.4 is 5.43 Å². The topological polar surface area (TPSA) is 64.2 Å². The molecular formula is C21H18F4N2O3. The van der Waals surface area contributed by atoms with Crippen molar-refractivity contribution in [3.8, 4) is 0 Å². The highest BCUT2D eigenvalue weighted by Crippen LogP contribution is 2.45. The highest BCUT2D eigenvalue weighted by Gasteiger charge is 2.58.